The third-order valence-electron chi connectivity index (χ3n) is 4.72. The second-order valence-electron chi connectivity index (χ2n) is 7.15. The van der Waals surface area contributed by atoms with Gasteiger partial charge in [0.15, 0.2) is 0 Å². The maximum Gasteiger partial charge on any atom is 0.326 e. The third kappa shape index (κ3) is 7.47. The fraction of sp³-hybridized carbons (Fsp3) is 0.208. The van der Waals surface area contributed by atoms with Crippen LogP contribution in [-0.2, 0) is 11.2 Å². The molecule has 1 aromatic heterocycles. The minimum atomic E-state index is -1.13. The molecular weight excluding hydrogens is 510 g/mol. The number of nitrogens with zero attached hydrogens (tertiary/aromatic N) is 1. The van der Waals surface area contributed by atoms with Gasteiger partial charge in [-0.2, -0.15) is 0 Å². The Balaban J connectivity index is 1.49. The van der Waals surface area contributed by atoms with E-state index in [2.05, 4.69) is 31.5 Å². The van der Waals surface area contributed by atoms with E-state index in [1.54, 1.807) is 48.7 Å². The monoisotopic (exact) mass is 531 g/mol. The van der Waals surface area contributed by atoms with Crippen molar-refractivity contribution in [2.75, 3.05) is 18.5 Å². The number of aromatic nitrogens is 1. The highest BCUT2D eigenvalue weighted by Crippen LogP contribution is 2.24. The van der Waals surface area contributed by atoms with Gasteiger partial charge in [-0.15, -0.1) is 0 Å². The maximum atomic E-state index is 12.6. The number of anilines is 1. The van der Waals surface area contributed by atoms with Gasteiger partial charge in [-0.05, 0) is 64.3 Å². The molecule has 0 aliphatic rings. The van der Waals surface area contributed by atoms with Gasteiger partial charge >= 0.3 is 5.97 Å². The summed E-state index contributed by atoms with van der Waals surface area (Å²) in [6, 6.07) is 16.7. The summed E-state index contributed by atoms with van der Waals surface area (Å²) >= 11 is 9.38. The van der Waals surface area contributed by atoms with Crippen molar-refractivity contribution in [2.45, 2.75) is 18.9 Å². The van der Waals surface area contributed by atoms with Crippen LogP contribution in [-0.4, -0.2) is 41.2 Å². The fourth-order valence-corrected chi connectivity index (χ4v) is 3.97. The third-order valence-corrected chi connectivity index (χ3v) is 5.69. The number of hydrogen-bond donors (Lipinski definition) is 3. The van der Waals surface area contributed by atoms with E-state index in [0.29, 0.717) is 16.8 Å². The first-order valence-corrected chi connectivity index (χ1v) is 11.5. The molecule has 3 N–H and O–H groups in total. The lowest BCUT2D eigenvalue weighted by Gasteiger charge is -2.16. The van der Waals surface area contributed by atoms with E-state index in [1.807, 2.05) is 18.2 Å². The molecule has 1 heterocycles. The topological polar surface area (TPSA) is 101 Å². The molecule has 0 bridgehead atoms. The molecule has 1 atom stereocenters. The number of rotatable bonds is 11. The predicted octanol–water partition coefficient (Wildman–Crippen LogP) is 4.80. The van der Waals surface area contributed by atoms with Gasteiger partial charge < -0.3 is 20.5 Å². The van der Waals surface area contributed by atoms with E-state index in [-0.39, 0.29) is 17.0 Å². The number of ether oxygens (including phenoxy) is 1. The summed E-state index contributed by atoms with van der Waals surface area (Å²) in [6.07, 6.45) is 2.65. The van der Waals surface area contributed by atoms with E-state index in [1.165, 1.54) is 0 Å². The van der Waals surface area contributed by atoms with Gasteiger partial charge in [0.2, 0.25) is 0 Å². The van der Waals surface area contributed by atoms with Crippen molar-refractivity contribution in [3.63, 3.8) is 0 Å². The zero-order chi connectivity index (χ0) is 23.6. The first-order valence-electron chi connectivity index (χ1n) is 10.3. The van der Waals surface area contributed by atoms with Gasteiger partial charge in [-0.1, -0.05) is 35.9 Å². The number of carbonyl (C=O) groups excluding carboxylic acids is 1. The Labute approximate surface area is 205 Å². The molecule has 0 saturated heterocycles. The van der Waals surface area contributed by atoms with Crippen molar-refractivity contribution in [1.29, 1.82) is 0 Å². The van der Waals surface area contributed by atoms with Crippen molar-refractivity contribution in [2.24, 2.45) is 0 Å². The largest absolute Gasteiger partial charge is 0.494 e. The summed E-state index contributed by atoms with van der Waals surface area (Å²) in [5.74, 6) is -0.178. The first-order chi connectivity index (χ1) is 15.9. The highest BCUT2D eigenvalue weighted by molar-refractivity contribution is 9.10. The molecule has 0 unspecified atom stereocenters. The van der Waals surface area contributed by atoms with Crippen LogP contribution in [0.4, 0.5) is 5.82 Å². The zero-order valence-corrected chi connectivity index (χ0v) is 20.0. The van der Waals surface area contributed by atoms with Crippen LogP contribution in [0.25, 0.3) is 0 Å². The van der Waals surface area contributed by atoms with E-state index >= 15 is 0 Å². The molecule has 33 heavy (non-hydrogen) atoms. The van der Waals surface area contributed by atoms with Crippen molar-refractivity contribution >= 4 is 45.2 Å². The van der Waals surface area contributed by atoms with E-state index in [0.717, 1.165) is 24.3 Å². The molecule has 172 valence electrons. The average molecular weight is 533 g/mol. The van der Waals surface area contributed by atoms with E-state index in [4.69, 9.17) is 16.3 Å². The van der Waals surface area contributed by atoms with Crippen molar-refractivity contribution in [3.05, 3.63) is 87.5 Å². The minimum Gasteiger partial charge on any atom is -0.494 e. The van der Waals surface area contributed by atoms with Crippen molar-refractivity contribution in [1.82, 2.24) is 10.3 Å². The van der Waals surface area contributed by atoms with Crippen molar-refractivity contribution < 1.29 is 19.4 Å². The molecule has 2 aromatic carbocycles. The SMILES string of the molecule is O=C(N[C@@H](Cc1ccc(OCCCNc2ccccn2)cc1)C(=O)O)c1c(Cl)cccc1Br. The molecule has 3 rings (SSSR count). The number of carboxylic acids is 1. The van der Waals surface area contributed by atoms with Gasteiger partial charge in [-0.3, -0.25) is 4.79 Å². The summed E-state index contributed by atoms with van der Waals surface area (Å²) in [5.41, 5.74) is 0.955. The summed E-state index contributed by atoms with van der Waals surface area (Å²) < 4.78 is 6.23. The number of nitrogens with one attached hydrogen (secondary N) is 2. The molecule has 0 spiro atoms. The number of hydrogen-bond acceptors (Lipinski definition) is 5. The molecular formula is C24H23BrClN3O4. The number of pyridine rings is 1. The van der Waals surface area contributed by atoms with Gasteiger partial charge in [0.05, 0.1) is 17.2 Å². The van der Waals surface area contributed by atoms with Crippen LogP contribution in [0, 0.1) is 0 Å². The van der Waals surface area contributed by atoms with E-state index < -0.39 is 17.9 Å². The van der Waals surface area contributed by atoms with Crippen LogP contribution in [0.3, 0.4) is 0 Å². The highest BCUT2D eigenvalue weighted by Gasteiger charge is 2.23. The molecule has 0 aliphatic carbocycles. The van der Waals surface area contributed by atoms with Gasteiger partial charge in [0.1, 0.15) is 17.6 Å². The van der Waals surface area contributed by atoms with Gasteiger partial charge in [-0.25, -0.2) is 9.78 Å². The smallest absolute Gasteiger partial charge is 0.326 e. The second kappa shape index (κ2) is 12.2. The quantitative estimate of drug-likeness (QED) is 0.307. The van der Waals surface area contributed by atoms with Crippen LogP contribution in [0.15, 0.2) is 71.3 Å². The molecule has 9 heteroatoms. The molecule has 0 aliphatic heterocycles. The highest BCUT2D eigenvalue weighted by atomic mass is 79.9. The van der Waals surface area contributed by atoms with E-state index in [9.17, 15) is 14.7 Å². The summed E-state index contributed by atoms with van der Waals surface area (Å²) in [7, 11) is 0. The van der Waals surface area contributed by atoms with Crippen molar-refractivity contribution in [3.8, 4) is 5.75 Å². The first kappa shape index (κ1) is 24.5. The minimum absolute atomic E-state index is 0.122. The van der Waals surface area contributed by atoms with Crippen LogP contribution >= 0.6 is 27.5 Å². The number of halogens is 2. The lowest BCUT2D eigenvalue weighted by Crippen LogP contribution is -2.42. The predicted molar refractivity (Wildman–Crippen MR) is 131 cm³/mol. The number of carboxylic acid groups (broad SMARTS) is 1. The molecule has 0 saturated carbocycles. The summed E-state index contributed by atoms with van der Waals surface area (Å²) in [5, 5.41) is 15.6. The van der Waals surface area contributed by atoms with Crippen LogP contribution in [0.5, 0.6) is 5.75 Å². The molecule has 3 aromatic rings. The standard InChI is InChI=1S/C24H23BrClN3O4/c25-18-5-3-6-19(26)22(18)23(30)29-20(24(31)32)15-16-8-10-17(11-9-16)33-14-4-13-28-21-7-1-2-12-27-21/h1-3,5-12,20H,4,13-15H2,(H,27,28)(H,29,30)(H,31,32)/t20-/m0/s1. The zero-order valence-electron chi connectivity index (χ0n) is 17.6. The number of carbonyl (C=O) groups is 2. The van der Waals surface area contributed by atoms with Gasteiger partial charge in [0, 0.05) is 23.6 Å². The number of benzene rings is 2. The van der Waals surface area contributed by atoms with Gasteiger partial charge in [0.25, 0.3) is 5.91 Å². The Morgan fingerprint density at radius 1 is 1.09 bits per heavy atom. The average Bonchev–Trinajstić information content (AvgIpc) is 2.80. The summed E-state index contributed by atoms with van der Waals surface area (Å²) in [6.45, 7) is 1.26. The fourth-order valence-electron chi connectivity index (χ4n) is 3.05. The Hall–Kier alpha value is -3.10. The Kier molecular flexibility index (Phi) is 9.09. The lowest BCUT2D eigenvalue weighted by molar-refractivity contribution is -0.139. The number of amides is 1. The van der Waals surface area contributed by atoms with Crippen LogP contribution in [0.1, 0.15) is 22.3 Å². The molecule has 0 fully saturated rings. The molecule has 0 radical (unpaired) electrons. The second-order valence-corrected chi connectivity index (χ2v) is 8.41. The number of aliphatic carboxylic acids is 1. The maximum absolute atomic E-state index is 12.6. The van der Waals surface area contributed by atoms with Crippen LogP contribution in [0.2, 0.25) is 5.02 Å². The Morgan fingerprint density at radius 2 is 1.88 bits per heavy atom. The van der Waals surface area contributed by atoms with Crippen LogP contribution < -0.4 is 15.4 Å². The normalized spacial score (nSPS) is 11.5. The molecule has 7 nitrogen and oxygen atoms in total. The Morgan fingerprint density at radius 3 is 2.55 bits per heavy atom. The molecule has 1 amide bonds. The lowest BCUT2D eigenvalue weighted by atomic mass is 10.1. The Bertz CT molecular complexity index is 1060. The summed E-state index contributed by atoms with van der Waals surface area (Å²) in [4.78, 5) is 28.5.